The first kappa shape index (κ1) is 12.2. The average molecular weight is 211 g/mol. The summed E-state index contributed by atoms with van der Waals surface area (Å²) in [6, 6.07) is 0.244. The second-order valence-electron chi connectivity index (χ2n) is 3.77. The average Bonchev–Trinajstić information content (AvgIpc) is 2.41. The van der Waals surface area contributed by atoms with Gasteiger partial charge in [-0.2, -0.15) is 5.10 Å². The maximum absolute atomic E-state index is 5.23. The van der Waals surface area contributed by atoms with Crippen LogP contribution in [-0.2, 0) is 11.8 Å². The third kappa shape index (κ3) is 2.58. The van der Waals surface area contributed by atoms with Gasteiger partial charge >= 0.3 is 0 Å². The number of nitrogens with one attached hydrogen (secondary N) is 1. The molecule has 1 unspecified atom stereocenters. The Morgan fingerprint density at radius 1 is 1.47 bits per heavy atom. The number of rotatable bonds is 5. The lowest BCUT2D eigenvalue weighted by atomic mass is 10.1. The highest BCUT2D eigenvalue weighted by atomic mass is 16.5. The lowest BCUT2D eigenvalue weighted by molar-refractivity contribution is 0.167. The van der Waals surface area contributed by atoms with Gasteiger partial charge in [-0.05, 0) is 20.4 Å². The minimum atomic E-state index is 0.244. The molecule has 0 spiro atoms. The molecule has 0 bridgehead atoms. The van der Waals surface area contributed by atoms with E-state index in [2.05, 4.69) is 24.3 Å². The van der Waals surface area contributed by atoms with E-state index in [0.29, 0.717) is 6.61 Å². The molecule has 0 fully saturated rings. The van der Waals surface area contributed by atoms with Crippen LogP contribution in [0.3, 0.4) is 0 Å². The fourth-order valence-corrected chi connectivity index (χ4v) is 1.95. The van der Waals surface area contributed by atoms with Gasteiger partial charge in [-0.25, -0.2) is 0 Å². The van der Waals surface area contributed by atoms with Crippen LogP contribution in [-0.4, -0.2) is 30.0 Å². The molecule has 15 heavy (non-hydrogen) atoms. The summed E-state index contributed by atoms with van der Waals surface area (Å²) >= 11 is 0. The van der Waals surface area contributed by atoms with Crippen LogP contribution in [0.25, 0.3) is 0 Å². The predicted octanol–water partition coefficient (Wildman–Crippen LogP) is 1.33. The molecule has 4 nitrogen and oxygen atoms in total. The minimum Gasteiger partial charge on any atom is -0.383 e. The van der Waals surface area contributed by atoms with Crippen molar-refractivity contribution in [2.75, 3.05) is 20.3 Å². The van der Waals surface area contributed by atoms with E-state index in [0.717, 1.165) is 12.2 Å². The molecule has 0 aromatic carbocycles. The van der Waals surface area contributed by atoms with E-state index in [1.54, 1.807) is 7.11 Å². The number of hydrogen-bond acceptors (Lipinski definition) is 3. The van der Waals surface area contributed by atoms with Crippen molar-refractivity contribution in [3.05, 3.63) is 17.0 Å². The summed E-state index contributed by atoms with van der Waals surface area (Å²) in [4.78, 5) is 0. The van der Waals surface area contributed by atoms with Crippen molar-refractivity contribution in [2.45, 2.75) is 26.8 Å². The zero-order chi connectivity index (χ0) is 11.4. The van der Waals surface area contributed by atoms with Crippen molar-refractivity contribution in [1.82, 2.24) is 15.1 Å². The number of ether oxygens (including phenoxy) is 1. The second kappa shape index (κ2) is 5.28. The van der Waals surface area contributed by atoms with Crippen LogP contribution < -0.4 is 5.32 Å². The predicted molar refractivity (Wildman–Crippen MR) is 61.0 cm³/mol. The van der Waals surface area contributed by atoms with Gasteiger partial charge in [0.25, 0.3) is 0 Å². The van der Waals surface area contributed by atoms with Crippen LogP contribution in [0, 0.1) is 13.8 Å². The molecule has 1 N–H and O–H groups in total. The maximum Gasteiger partial charge on any atom is 0.0659 e. The normalized spacial score (nSPS) is 13.1. The molecule has 1 aromatic rings. The zero-order valence-corrected chi connectivity index (χ0v) is 10.3. The van der Waals surface area contributed by atoms with Crippen LogP contribution in [0.5, 0.6) is 0 Å². The van der Waals surface area contributed by atoms with Crippen LogP contribution in [0.15, 0.2) is 0 Å². The largest absolute Gasteiger partial charge is 0.383 e. The number of aromatic nitrogens is 2. The Labute approximate surface area is 91.6 Å². The summed E-state index contributed by atoms with van der Waals surface area (Å²) in [6.07, 6.45) is 0. The summed E-state index contributed by atoms with van der Waals surface area (Å²) in [7, 11) is 3.70. The second-order valence-corrected chi connectivity index (χ2v) is 3.77. The van der Waals surface area contributed by atoms with Crippen LogP contribution in [0.1, 0.15) is 29.9 Å². The molecular weight excluding hydrogens is 190 g/mol. The molecule has 0 aliphatic carbocycles. The Morgan fingerprint density at radius 2 is 2.13 bits per heavy atom. The number of nitrogens with zero attached hydrogens (tertiary/aromatic N) is 2. The molecule has 1 heterocycles. The SMILES string of the molecule is CCNC(COC)c1c(C)nn(C)c1C. The molecule has 4 heteroatoms. The van der Waals surface area contributed by atoms with Crippen LogP contribution in [0.2, 0.25) is 0 Å². The number of hydrogen-bond donors (Lipinski definition) is 1. The smallest absolute Gasteiger partial charge is 0.0659 e. The van der Waals surface area contributed by atoms with Gasteiger partial charge in [0.15, 0.2) is 0 Å². The topological polar surface area (TPSA) is 39.1 Å². The van der Waals surface area contributed by atoms with Gasteiger partial charge in [0.2, 0.25) is 0 Å². The maximum atomic E-state index is 5.23. The Bertz CT molecular complexity index is 314. The Balaban J connectivity index is 2.98. The zero-order valence-electron chi connectivity index (χ0n) is 10.3. The Morgan fingerprint density at radius 3 is 2.53 bits per heavy atom. The number of aryl methyl sites for hydroxylation is 2. The van der Waals surface area contributed by atoms with Gasteiger partial charge in [0.1, 0.15) is 0 Å². The van der Waals surface area contributed by atoms with Crippen molar-refractivity contribution >= 4 is 0 Å². The number of likely N-dealkylation sites (N-methyl/N-ethyl adjacent to an activating group) is 1. The first-order valence-electron chi connectivity index (χ1n) is 5.34. The van der Waals surface area contributed by atoms with Gasteiger partial charge in [-0.15, -0.1) is 0 Å². The summed E-state index contributed by atoms with van der Waals surface area (Å²) in [5, 5.41) is 7.83. The molecule has 0 amide bonds. The third-order valence-corrected chi connectivity index (χ3v) is 2.70. The molecule has 0 radical (unpaired) electrons. The van der Waals surface area contributed by atoms with Crippen LogP contribution >= 0.6 is 0 Å². The van der Waals surface area contributed by atoms with Crippen molar-refractivity contribution in [1.29, 1.82) is 0 Å². The summed E-state index contributed by atoms with van der Waals surface area (Å²) < 4.78 is 7.15. The molecule has 0 aliphatic rings. The van der Waals surface area contributed by atoms with Gasteiger partial charge < -0.3 is 10.1 Å². The monoisotopic (exact) mass is 211 g/mol. The van der Waals surface area contributed by atoms with Crippen LogP contribution in [0.4, 0.5) is 0 Å². The molecule has 0 aliphatic heterocycles. The van der Waals surface area contributed by atoms with E-state index >= 15 is 0 Å². The highest BCUT2D eigenvalue weighted by molar-refractivity contribution is 5.28. The minimum absolute atomic E-state index is 0.244. The van der Waals surface area contributed by atoms with Gasteiger partial charge in [-0.1, -0.05) is 6.92 Å². The molecule has 0 saturated heterocycles. The molecule has 1 aromatic heterocycles. The molecule has 86 valence electrons. The Hall–Kier alpha value is -0.870. The standard InChI is InChI=1S/C11H21N3O/c1-6-12-10(7-15-5)11-8(2)13-14(4)9(11)3/h10,12H,6-7H2,1-5H3. The van der Waals surface area contributed by atoms with E-state index in [9.17, 15) is 0 Å². The Kier molecular flexibility index (Phi) is 4.29. The van der Waals surface area contributed by atoms with Crippen molar-refractivity contribution in [2.24, 2.45) is 7.05 Å². The van der Waals surface area contributed by atoms with Gasteiger partial charge in [-0.3, -0.25) is 4.68 Å². The summed E-state index contributed by atoms with van der Waals surface area (Å²) in [6.45, 7) is 7.85. The van der Waals surface area contributed by atoms with E-state index in [1.165, 1.54) is 11.3 Å². The highest BCUT2D eigenvalue weighted by Crippen LogP contribution is 2.21. The van der Waals surface area contributed by atoms with Gasteiger partial charge in [0.05, 0.1) is 18.3 Å². The van der Waals surface area contributed by atoms with Crippen molar-refractivity contribution < 1.29 is 4.74 Å². The molecule has 1 atom stereocenters. The fraction of sp³-hybridized carbons (Fsp3) is 0.727. The van der Waals surface area contributed by atoms with E-state index in [1.807, 2.05) is 18.7 Å². The van der Waals surface area contributed by atoms with E-state index in [4.69, 9.17) is 4.74 Å². The first-order chi connectivity index (χ1) is 7.11. The number of methoxy groups -OCH3 is 1. The molecule has 1 rings (SSSR count). The molecule has 0 saturated carbocycles. The lowest BCUT2D eigenvalue weighted by Crippen LogP contribution is -2.26. The fourth-order valence-electron chi connectivity index (χ4n) is 1.95. The summed E-state index contributed by atoms with van der Waals surface area (Å²) in [5.41, 5.74) is 3.55. The van der Waals surface area contributed by atoms with Crippen molar-refractivity contribution in [3.8, 4) is 0 Å². The van der Waals surface area contributed by atoms with E-state index < -0.39 is 0 Å². The van der Waals surface area contributed by atoms with Gasteiger partial charge in [0, 0.05) is 25.4 Å². The van der Waals surface area contributed by atoms with E-state index in [-0.39, 0.29) is 6.04 Å². The summed E-state index contributed by atoms with van der Waals surface area (Å²) in [5.74, 6) is 0. The lowest BCUT2D eigenvalue weighted by Gasteiger charge is -2.17. The molecular formula is C11H21N3O. The highest BCUT2D eigenvalue weighted by Gasteiger charge is 2.18. The van der Waals surface area contributed by atoms with Crippen molar-refractivity contribution in [3.63, 3.8) is 0 Å². The quantitative estimate of drug-likeness (QED) is 0.798. The first-order valence-corrected chi connectivity index (χ1v) is 5.34. The third-order valence-electron chi connectivity index (χ3n) is 2.70.